The molecule has 0 N–H and O–H groups in total. The Hall–Kier alpha value is -3.12. The summed E-state index contributed by atoms with van der Waals surface area (Å²) in [4.78, 5) is 15.0. The molecule has 3 aromatic rings. The zero-order valence-corrected chi connectivity index (χ0v) is 19.0. The van der Waals surface area contributed by atoms with Gasteiger partial charge in [0.1, 0.15) is 0 Å². The highest BCUT2D eigenvalue weighted by atomic mass is 32.2. The number of para-hydroxylation sites is 1. The fourth-order valence-corrected chi connectivity index (χ4v) is 5.37. The van der Waals surface area contributed by atoms with Crippen molar-refractivity contribution in [2.45, 2.75) is 24.2 Å². The highest BCUT2D eigenvalue weighted by molar-refractivity contribution is 7.92. The van der Waals surface area contributed by atoms with E-state index >= 15 is 0 Å². The SMILES string of the molecule is CN(c1ccccc1)S(=O)(=O)c1ccc(C(=O)N2CCC(Cc3ccccc3)CC2)cc1. The van der Waals surface area contributed by atoms with E-state index in [0.717, 1.165) is 32.4 Å². The molecule has 32 heavy (non-hydrogen) atoms. The Morgan fingerprint density at radius 3 is 2.03 bits per heavy atom. The Morgan fingerprint density at radius 2 is 1.44 bits per heavy atom. The predicted octanol–water partition coefficient (Wildman–Crippen LogP) is 4.61. The summed E-state index contributed by atoms with van der Waals surface area (Å²) >= 11 is 0. The summed E-state index contributed by atoms with van der Waals surface area (Å²) in [7, 11) is -2.16. The van der Waals surface area contributed by atoms with Crippen LogP contribution < -0.4 is 4.31 Å². The molecule has 3 aromatic carbocycles. The number of nitrogens with zero attached hydrogens (tertiary/aromatic N) is 2. The third-order valence-electron chi connectivity index (χ3n) is 6.15. The summed E-state index contributed by atoms with van der Waals surface area (Å²) in [6.07, 6.45) is 3.01. The number of hydrogen-bond donors (Lipinski definition) is 0. The first-order chi connectivity index (χ1) is 15.4. The van der Waals surface area contributed by atoms with Crippen LogP contribution >= 0.6 is 0 Å². The second-order valence-corrected chi connectivity index (χ2v) is 10.2. The maximum absolute atomic E-state index is 12.9. The number of likely N-dealkylation sites (tertiary alicyclic amines) is 1. The van der Waals surface area contributed by atoms with Gasteiger partial charge in [-0.05, 0) is 67.1 Å². The molecule has 1 saturated heterocycles. The van der Waals surface area contributed by atoms with Gasteiger partial charge in [0, 0.05) is 25.7 Å². The van der Waals surface area contributed by atoms with Crippen LogP contribution in [0.5, 0.6) is 0 Å². The number of hydrogen-bond acceptors (Lipinski definition) is 3. The van der Waals surface area contributed by atoms with Crippen LogP contribution in [0.3, 0.4) is 0 Å². The lowest BCUT2D eigenvalue weighted by molar-refractivity contribution is 0.0690. The molecule has 0 atom stereocenters. The number of amides is 1. The third-order valence-corrected chi connectivity index (χ3v) is 7.95. The van der Waals surface area contributed by atoms with Crippen molar-refractivity contribution in [3.05, 3.63) is 96.1 Å². The highest BCUT2D eigenvalue weighted by Gasteiger charge is 2.25. The first-order valence-electron chi connectivity index (χ1n) is 10.9. The smallest absolute Gasteiger partial charge is 0.264 e. The summed E-state index contributed by atoms with van der Waals surface area (Å²) in [5.41, 5.74) is 2.45. The number of carbonyl (C=O) groups excluding carboxylic acids is 1. The normalized spacial score (nSPS) is 14.8. The van der Waals surface area contributed by atoms with Crippen LogP contribution in [0, 0.1) is 5.92 Å². The van der Waals surface area contributed by atoms with Crippen LogP contribution in [0.25, 0.3) is 0 Å². The average Bonchev–Trinajstić information content (AvgIpc) is 2.85. The minimum Gasteiger partial charge on any atom is -0.339 e. The van der Waals surface area contributed by atoms with E-state index in [0.29, 0.717) is 17.2 Å². The number of piperidine rings is 1. The van der Waals surface area contributed by atoms with E-state index in [1.54, 1.807) is 36.4 Å². The third kappa shape index (κ3) is 4.86. The van der Waals surface area contributed by atoms with Crippen molar-refractivity contribution >= 4 is 21.6 Å². The molecule has 4 rings (SSSR count). The van der Waals surface area contributed by atoms with Crippen molar-refractivity contribution in [3.8, 4) is 0 Å². The topological polar surface area (TPSA) is 57.7 Å². The molecule has 1 fully saturated rings. The Balaban J connectivity index is 1.38. The first-order valence-corrected chi connectivity index (χ1v) is 12.4. The quantitative estimate of drug-likeness (QED) is 0.553. The maximum Gasteiger partial charge on any atom is 0.264 e. The van der Waals surface area contributed by atoms with Crippen LogP contribution in [0.15, 0.2) is 89.8 Å². The molecular formula is C26H28N2O3S. The molecule has 1 amide bonds. The molecule has 0 saturated carbocycles. The molecular weight excluding hydrogens is 420 g/mol. The molecule has 6 heteroatoms. The van der Waals surface area contributed by atoms with E-state index in [2.05, 4.69) is 24.3 Å². The lowest BCUT2D eigenvalue weighted by Gasteiger charge is -2.32. The van der Waals surface area contributed by atoms with Crippen LogP contribution in [0.1, 0.15) is 28.8 Å². The van der Waals surface area contributed by atoms with Crippen molar-refractivity contribution < 1.29 is 13.2 Å². The van der Waals surface area contributed by atoms with Gasteiger partial charge in [0.2, 0.25) is 0 Å². The molecule has 0 unspecified atom stereocenters. The molecule has 0 spiro atoms. The van der Waals surface area contributed by atoms with Gasteiger partial charge in [0.05, 0.1) is 10.6 Å². The molecule has 1 aliphatic rings. The molecule has 5 nitrogen and oxygen atoms in total. The zero-order chi connectivity index (χ0) is 22.6. The molecule has 1 aliphatic heterocycles. The summed E-state index contributed by atoms with van der Waals surface area (Å²) in [5, 5.41) is 0. The molecule has 1 heterocycles. The number of benzene rings is 3. The van der Waals surface area contributed by atoms with Crippen molar-refractivity contribution in [2.75, 3.05) is 24.4 Å². The van der Waals surface area contributed by atoms with E-state index in [1.165, 1.54) is 29.0 Å². The van der Waals surface area contributed by atoms with Crippen molar-refractivity contribution in [3.63, 3.8) is 0 Å². The Labute approximate surface area is 190 Å². The number of anilines is 1. The summed E-state index contributed by atoms with van der Waals surface area (Å²) in [5.74, 6) is 0.547. The van der Waals surface area contributed by atoms with Gasteiger partial charge in [-0.3, -0.25) is 9.10 Å². The van der Waals surface area contributed by atoms with Gasteiger partial charge in [-0.25, -0.2) is 8.42 Å². The Kier molecular flexibility index (Phi) is 6.61. The fourth-order valence-electron chi connectivity index (χ4n) is 4.17. The Morgan fingerprint density at radius 1 is 0.875 bits per heavy atom. The van der Waals surface area contributed by atoms with E-state index < -0.39 is 10.0 Å². The summed E-state index contributed by atoms with van der Waals surface area (Å²) in [6, 6.07) is 25.7. The van der Waals surface area contributed by atoms with Gasteiger partial charge in [-0.15, -0.1) is 0 Å². The molecule has 0 radical (unpaired) electrons. The van der Waals surface area contributed by atoms with Gasteiger partial charge in [-0.2, -0.15) is 0 Å². The van der Waals surface area contributed by atoms with Crippen molar-refractivity contribution in [1.82, 2.24) is 4.90 Å². The van der Waals surface area contributed by atoms with Gasteiger partial charge in [-0.1, -0.05) is 48.5 Å². The zero-order valence-electron chi connectivity index (χ0n) is 18.2. The largest absolute Gasteiger partial charge is 0.339 e. The van der Waals surface area contributed by atoms with Crippen LogP contribution in [0.2, 0.25) is 0 Å². The maximum atomic E-state index is 12.9. The predicted molar refractivity (Wildman–Crippen MR) is 127 cm³/mol. The Bertz CT molecular complexity index is 1140. The van der Waals surface area contributed by atoms with Crippen molar-refractivity contribution in [1.29, 1.82) is 0 Å². The van der Waals surface area contributed by atoms with Gasteiger partial charge >= 0.3 is 0 Å². The highest BCUT2D eigenvalue weighted by Crippen LogP contribution is 2.25. The second kappa shape index (κ2) is 9.57. The van der Waals surface area contributed by atoms with Gasteiger partial charge in [0.15, 0.2) is 0 Å². The van der Waals surface area contributed by atoms with Gasteiger partial charge < -0.3 is 4.90 Å². The number of carbonyl (C=O) groups is 1. The lowest BCUT2D eigenvalue weighted by Crippen LogP contribution is -2.38. The van der Waals surface area contributed by atoms with E-state index in [9.17, 15) is 13.2 Å². The van der Waals surface area contributed by atoms with Gasteiger partial charge in [0.25, 0.3) is 15.9 Å². The number of sulfonamides is 1. The molecule has 0 bridgehead atoms. The standard InChI is InChI=1S/C26H28N2O3S/c1-27(24-10-6-3-7-11-24)32(30,31)25-14-12-23(13-15-25)26(29)28-18-16-22(17-19-28)20-21-8-4-2-5-9-21/h2-15,22H,16-20H2,1H3. The van der Waals surface area contributed by atoms with Crippen LogP contribution in [-0.2, 0) is 16.4 Å². The summed E-state index contributed by atoms with van der Waals surface area (Å²) in [6.45, 7) is 1.46. The first kappa shape index (κ1) is 22.1. The fraction of sp³-hybridized carbons (Fsp3) is 0.269. The van der Waals surface area contributed by atoms with Crippen LogP contribution in [0.4, 0.5) is 5.69 Å². The minimum atomic E-state index is -3.69. The minimum absolute atomic E-state index is 0.0384. The molecule has 0 aromatic heterocycles. The van der Waals surface area contributed by atoms with E-state index in [4.69, 9.17) is 0 Å². The molecule has 0 aliphatic carbocycles. The lowest BCUT2D eigenvalue weighted by atomic mass is 9.90. The summed E-state index contributed by atoms with van der Waals surface area (Å²) < 4.78 is 27.1. The van der Waals surface area contributed by atoms with Crippen LogP contribution in [-0.4, -0.2) is 39.4 Å². The van der Waals surface area contributed by atoms with E-state index in [-0.39, 0.29) is 10.8 Å². The molecule has 166 valence electrons. The van der Waals surface area contributed by atoms with E-state index in [1.807, 2.05) is 17.0 Å². The average molecular weight is 449 g/mol. The second-order valence-electron chi connectivity index (χ2n) is 8.26. The van der Waals surface area contributed by atoms with Crippen molar-refractivity contribution in [2.24, 2.45) is 5.92 Å². The number of rotatable bonds is 6. The monoisotopic (exact) mass is 448 g/mol.